The number of ether oxygens (including phenoxy) is 2. The Balaban J connectivity index is 2.10. The number of rotatable bonds is 5. The van der Waals surface area contributed by atoms with E-state index in [1.54, 1.807) is 0 Å². The van der Waals surface area contributed by atoms with Crippen LogP contribution in [-0.4, -0.2) is 25.5 Å². The summed E-state index contributed by atoms with van der Waals surface area (Å²) in [5.74, 6) is -0.794. The Labute approximate surface area is 113 Å². The number of methoxy groups -OCH3 is 1. The van der Waals surface area contributed by atoms with Crippen LogP contribution in [0.4, 0.5) is 13.2 Å². The Morgan fingerprint density at radius 3 is 2.35 bits per heavy atom. The first-order valence-corrected chi connectivity index (χ1v) is 6.08. The second-order valence-electron chi connectivity index (χ2n) is 4.51. The molecule has 1 aliphatic carbocycles. The van der Waals surface area contributed by atoms with Crippen molar-refractivity contribution in [3.8, 4) is 5.75 Å². The molecule has 0 radical (unpaired) electrons. The third kappa shape index (κ3) is 4.12. The molecule has 7 heteroatoms. The lowest BCUT2D eigenvalue weighted by Crippen LogP contribution is -2.31. The predicted octanol–water partition coefficient (Wildman–Crippen LogP) is 2.55. The summed E-state index contributed by atoms with van der Waals surface area (Å²) in [5.41, 5.74) is 0.540. The highest BCUT2D eigenvalue weighted by atomic mass is 19.4. The Hall–Kier alpha value is -1.76. The van der Waals surface area contributed by atoms with E-state index in [1.807, 2.05) is 0 Å². The maximum absolute atomic E-state index is 12.1. The van der Waals surface area contributed by atoms with Gasteiger partial charge in [-0.3, -0.25) is 5.32 Å². The molecule has 0 heterocycles. The average molecular weight is 289 g/mol. The van der Waals surface area contributed by atoms with E-state index >= 15 is 0 Å². The lowest BCUT2D eigenvalue weighted by atomic mass is 10.1. The van der Waals surface area contributed by atoms with Crippen molar-refractivity contribution in [2.24, 2.45) is 0 Å². The largest absolute Gasteiger partial charge is 0.573 e. The van der Waals surface area contributed by atoms with Crippen molar-refractivity contribution < 1.29 is 27.4 Å². The number of benzene rings is 1. The van der Waals surface area contributed by atoms with Gasteiger partial charge in [0.25, 0.3) is 0 Å². The molecule has 1 N–H and O–H groups in total. The molecule has 0 aliphatic heterocycles. The number of hydrogen-bond acceptors (Lipinski definition) is 4. The summed E-state index contributed by atoms with van der Waals surface area (Å²) in [6.07, 6.45) is -2.78. The molecule has 1 fully saturated rings. The van der Waals surface area contributed by atoms with Crippen LogP contribution in [0.5, 0.6) is 5.75 Å². The minimum atomic E-state index is -4.73. The van der Waals surface area contributed by atoms with E-state index in [0.29, 0.717) is 5.56 Å². The molecule has 1 saturated carbocycles. The highest BCUT2D eigenvalue weighted by Crippen LogP contribution is 2.27. The zero-order valence-electron chi connectivity index (χ0n) is 10.7. The molecule has 0 aromatic heterocycles. The molecule has 2 rings (SSSR count). The predicted molar refractivity (Wildman–Crippen MR) is 64.0 cm³/mol. The Kier molecular flexibility index (Phi) is 4.17. The SMILES string of the molecule is COC(=O)C(NC1CC1)c1ccc(OC(F)(F)F)cc1. The lowest BCUT2D eigenvalue weighted by Gasteiger charge is -2.17. The standard InChI is InChI=1S/C13H14F3NO3/c1-19-12(18)11(17-9-4-5-9)8-2-6-10(7-3-8)20-13(14,15)16/h2-3,6-7,9,11,17H,4-5H2,1H3. The summed E-state index contributed by atoms with van der Waals surface area (Å²) >= 11 is 0. The third-order valence-corrected chi connectivity index (χ3v) is 2.86. The molecule has 1 aromatic carbocycles. The maximum Gasteiger partial charge on any atom is 0.573 e. The fourth-order valence-corrected chi connectivity index (χ4v) is 1.77. The summed E-state index contributed by atoms with van der Waals surface area (Å²) in [7, 11) is 1.27. The smallest absolute Gasteiger partial charge is 0.468 e. The van der Waals surface area contributed by atoms with Crippen LogP contribution in [0.25, 0.3) is 0 Å². The molecule has 110 valence electrons. The Bertz CT molecular complexity index is 469. The molecule has 1 unspecified atom stereocenters. The van der Waals surface area contributed by atoms with Gasteiger partial charge in [0, 0.05) is 6.04 Å². The number of alkyl halides is 3. The number of nitrogens with one attached hydrogen (secondary N) is 1. The third-order valence-electron chi connectivity index (χ3n) is 2.86. The van der Waals surface area contributed by atoms with Gasteiger partial charge < -0.3 is 9.47 Å². The van der Waals surface area contributed by atoms with Crippen LogP contribution in [0.3, 0.4) is 0 Å². The van der Waals surface area contributed by atoms with Gasteiger partial charge in [0.15, 0.2) is 0 Å². The first-order chi connectivity index (χ1) is 9.39. The van der Waals surface area contributed by atoms with Crippen LogP contribution in [0.1, 0.15) is 24.4 Å². The molecule has 0 amide bonds. The summed E-state index contributed by atoms with van der Waals surface area (Å²) in [6.45, 7) is 0. The number of esters is 1. The molecular weight excluding hydrogens is 275 g/mol. The molecule has 0 spiro atoms. The normalized spacial score (nSPS) is 16.6. The lowest BCUT2D eigenvalue weighted by molar-refractivity contribution is -0.274. The van der Waals surface area contributed by atoms with Gasteiger partial charge in [0.05, 0.1) is 7.11 Å². The second-order valence-corrected chi connectivity index (χ2v) is 4.51. The molecule has 1 atom stereocenters. The van der Waals surface area contributed by atoms with E-state index in [2.05, 4.69) is 10.1 Å². The summed E-state index contributed by atoms with van der Waals surface area (Å²) in [5, 5.41) is 3.09. The fraction of sp³-hybridized carbons (Fsp3) is 0.462. The van der Waals surface area contributed by atoms with Crippen molar-refractivity contribution in [2.75, 3.05) is 7.11 Å². The molecule has 4 nitrogen and oxygen atoms in total. The minimum absolute atomic E-state index is 0.255. The molecular formula is C13H14F3NO3. The van der Waals surface area contributed by atoms with E-state index in [1.165, 1.54) is 31.4 Å². The quantitative estimate of drug-likeness (QED) is 0.846. The van der Waals surface area contributed by atoms with Crippen LogP contribution >= 0.6 is 0 Å². The zero-order valence-corrected chi connectivity index (χ0v) is 10.7. The van der Waals surface area contributed by atoms with Crippen LogP contribution in [-0.2, 0) is 9.53 Å². The van der Waals surface area contributed by atoms with Crippen molar-refractivity contribution in [3.05, 3.63) is 29.8 Å². The summed E-state index contributed by atoms with van der Waals surface area (Å²) in [4.78, 5) is 11.7. The van der Waals surface area contributed by atoms with Gasteiger partial charge in [-0.1, -0.05) is 12.1 Å². The van der Waals surface area contributed by atoms with Crippen LogP contribution < -0.4 is 10.1 Å². The minimum Gasteiger partial charge on any atom is -0.468 e. The van der Waals surface area contributed by atoms with Crippen molar-refractivity contribution in [1.29, 1.82) is 0 Å². The monoisotopic (exact) mass is 289 g/mol. The molecule has 0 saturated heterocycles. The molecule has 1 aromatic rings. The van der Waals surface area contributed by atoms with E-state index in [0.717, 1.165) is 12.8 Å². The first kappa shape index (κ1) is 14.6. The Morgan fingerprint density at radius 2 is 1.90 bits per heavy atom. The van der Waals surface area contributed by atoms with Crippen molar-refractivity contribution in [3.63, 3.8) is 0 Å². The van der Waals surface area contributed by atoms with E-state index < -0.39 is 18.4 Å². The van der Waals surface area contributed by atoms with Gasteiger partial charge in [-0.15, -0.1) is 13.2 Å². The van der Waals surface area contributed by atoms with E-state index in [4.69, 9.17) is 4.74 Å². The summed E-state index contributed by atoms with van der Waals surface area (Å²) < 4.78 is 44.6. The van der Waals surface area contributed by atoms with Crippen LogP contribution in [0.15, 0.2) is 24.3 Å². The molecule has 0 bridgehead atoms. The van der Waals surface area contributed by atoms with E-state index in [9.17, 15) is 18.0 Å². The maximum atomic E-state index is 12.1. The Morgan fingerprint density at radius 1 is 1.30 bits per heavy atom. The first-order valence-electron chi connectivity index (χ1n) is 6.08. The number of halogens is 3. The van der Waals surface area contributed by atoms with Crippen LogP contribution in [0.2, 0.25) is 0 Å². The van der Waals surface area contributed by atoms with Gasteiger partial charge in [0.1, 0.15) is 11.8 Å². The average Bonchev–Trinajstić information content (AvgIpc) is 3.18. The number of carbonyl (C=O) groups excluding carboxylic acids is 1. The highest BCUT2D eigenvalue weighted by Gasteiger charge is 2.32. The fourth-order valence-electron chi connectivity index (χ4n) is 1.77. The van der Waals surface area contributed by atoms with Gasteiger partial charge in [0.2, 0.25) is 0 Å². The van der Waals surface area contributed by atoms with Gasteiger partial charge in [-0.25, -0.2) is 4.79 Å². The molecule has 20 heavy (non-hydrogen) atoms. The number of carbonyl (C=O) groups is 1. The number of hydrogen-bond donors (Lipinski definition) is 1. The topological polar surface area (TPSA) is 47.6 Å². The van der Waals surface area contributed by atoms with E-state index in [-0.39, 0.29) is 11.8 Å². The van der Waals surface area contributed by atoms with Gasteiger partial charge >= 0.3 is 12.3 Å². The van der Waals surface area contributed by atoms with Crippen molar-refractivity contribution in [2.45, 2.75) is 31.3 Å². The van der Waals surface area contributed by atoms with Gasteiger partial charge in [-0.2, -0.15) is 0 Å². The van der Waals surface area contributed by atoms with Crippen LogP contribution in [0, 0.1) is 0 Å². The highest BCUT2D eigenvalue weighted by molar-refractivity contribution is 5.77. The van der Waals surface area contributed by atoms with Gasteiger partial charge in [-0.05, 0) is 30.5 Å². The van der Waals surface area contributed by atoms with Crippen molar-refractivity contribution in [1.82, 2.24) is 5.32 Å². The van der Waals surface area contributed by atoms with Crippen molar-refractivity contribution >= 4 is 5.97 Å². The zero-order chi connectivity index (χ0) is 14.8. The molecule has 1 aliphatic rings. The summed E-state index contributed by atoms with van der Waals surface area (Å²) in [6, 6.07) is 4.76. The second kappa shape index (κ2) is 5.70.